The van der Waals surface area contributed by atoms with Gasteiger partial charge in [0.2, 0.25) is 6.29 Å². The topological polar surface area (TPSA) is 74.4 Å². The van der Waals surface area contributed by atoms with Gasteiger partial charge in [0, 0.05) is 18.9 Å². The van der Waals surface area contributed by atoms with Crippen LogP contribution in [-0.4, -0.2) is 24.3 Å². The summed E-state index contributed by atoms with van der Waals surface area (Å²) in [5, 5.41) is 0. The van der Waals surface area contributed by atoms with E-state index in [0.29, 0.717) is 11.3 Å². The first-order valence-electron chi connectivity index (χ1n) is 4.27. The third-order valence-electron chi connectivity index (χ3n) is 2.17. The van der Waals surface area contributed by atoms with E-state index in [0.717, 1.165) is 0 Å². The van der Waals surface area contributed by atoms with Gasteiger partial charge in [0.1, 0.15) is 16.3 Å². The number of methoxy groups -OCH3 is 1. The fourth-order valence-electron chi connectivity index (χ4n) is 1.51. The Morgan fingerprint density at radius 2 is 2.47 bits per heavy atom. The van der Waals surface area contributed by atoms with Crippen LogP contribution >= 0.6 is 15.9 Å². The van der Waals surface area contributed by atoms with Crippen LogP contribution in [-0.2, 0) is 4.74 Å². The van der Waals surface area contributed by atoms with Crippen molar-refractivity contribution in [2.75, 3.05) is 7.11 Å². The van der Waals surface area contributed by atoms with Crippen molar-refractivity contribution < 1.29 is 14.3 Å². The number of rotatable bonds is 2. The molecular formula is C9H9BrN2O3. The Bertz CT molecular complexity index is 410. The molecule has 1 amide bonds. The highest BCUT2D eigenvalue weighted by Crippen LogP contribution is 2.43. The number of ether oxygens (including phenoxy) is 2. The highest BCUT2D eigenvalue weighted by molar-refractivity contribution is 9.09. The Hall–Kier alpha value is -1.14. The summed E-state index contributed by atoms with van der Waals surface area (Å²) in [5.41, 5.74) is 6.08. The number of amides is 1. The van der Waals surface area contributed by atoms with Crippen LogP contribution < -0.4 is 10.5 Å². The second kappa shape index (κ2) is 3.79. The third-order valence-corrected chi connectivity index (χ3v) is 3.06. The van der Waals surface area contributed by atoms with Crippen molar-refractivity contribution in [1.29, 1.82) is 0 Å². The van der Waals surface area contributed by atoms with Gasteiger partial charge in [-0.2, -0.15) is 0 Å². The van der Waals surface area contributed by atoms with Gasteiger partial charge in [0.25, 0.3) is 5.91 Å². The molecule has 0 saturated carbocycles. The zero-order chi connectivity index (χ0) is 11.0. The predicted molar refractivity (Wildman–Crippen MR) is 55.8 cm³/mol. The van der Waals surface area contributed by atoms with E-state index in [9.17, 15) is 4.79 Å². The Labute approximate surface area is 94.7 Å². The number of pyridine rings is 1. The van der Waals surface area contributed by atoms with Gasteiger partial charge in [-0.05, 0) is 6.07 Å². The van der Waals surface area contributed by atoms with Crippen molar-refractivity contribution >= 4 is 21.8 Å². The fraction of sp³-hybridized carbons (Fsp3) is 0.333. The predicted octanol–water partition coefficient (Wildman–Crippen LogP) is 0.981. The molecule has 2 heterocycles. The molecule has 0 unspecified atom stereocenters. The van der Waals surface area contributed by atoms with Gasteiger partial charge in [0.15, 0.2) is 0 Å². The molecule has 0 fully saturated rings. The molecule has 2 atom stereocenters. The molecule has 2 N–H and O–H groups in total. The van der Waals surface area contributed by atoms with Gasteiger partial charge >= 0.3 is 0 Å². The highest BCUT2D eigenvalue weighted by atomic mass is 79.9. The van der Waals surface area contributed by atoms with Crippen LogP contribution in [0.2, 0.25) is 0 Å². The molecule has 5 nitrogen and oxygen atoms in total. The third kappa shape index (κ3) is 1.59. The lowest BCUT2D eigenvalue weighted by molar-refractivity contribution is -0.0374. The maximum atomic E-state index is 11.1. The van der Waals surface area contributed by atoms with E-state index < -0.39 is 12.2 Å². The molecular weight excluding hydrogens is 264 g/mol. The maximum absolute atomic E-state index is 11.1. The van der Waals surface area contributed by atoms with E-state index in [4.69, 9.17) is 15.2 Å². The fourth-order valence-corrected chi connectivity index (χ4v) is 2.28. The van der Waals surface area contributed by atoms with Crippen molar-refractivity contribution in [3.8, 4) is 5.75 Å². The van der Waals surface area contributed by atoms with Crippen LogP contribution in [0.25, 0.3) is 0 Å². The van der Waals surface area contributed by atoms with Crippen LogP contribution in [0.3, 0.4) is 0 Å². The maximum Gasteiger partial charge on any atom is 0.267 e. The van der Waals surface area contributed by atoms with Crippen molar-refractivity contribution in [3.63, 3.8) is 0 Å². The first kappa shape index (κ1) is 10.4. The second-order valence-electron chi connectivity index (χ2n) is 3.06. The first-order chi connectivity index (χ1) is 7.15. The van der Waals surface area contributed by atoms with Crippen molar-refractivity contribution in [1.82, 2.24) is 4.98 Å². The number of alkyl halides is 1. The van der Waals surface area contributed by atoms with Crippen molar-refractivity contribution in [2.45, 2.75) is 11.1 Å². The van der Waals surface area contributed by atoms with E-state index in [1.165, 1.54) is 13.3 Å². The lowest BCUT2D eigenvalue weighted by Gasteiger charge is -2.11. The monoisotopic (exact) mass is 272 g/mol. The highest BCUT2D eigenvalue weighted by Gasteiger charge is 2.36. The number of fused-ring (bicyclic) bond motifs is 1. The number of hydrogen-bond acceptors (Lipinski definition) is 4. The van der Waals surface area contributed by atoms with E-state index >= 15 is 0 Å². The minimum absolute atomic E-state index is 0.217. The minimum atomic E-state index is -0.573. The molecule has 1 aliphatic rings. The molecule has 0 spiro atoms. The van der Waals surface area contributed by atoms with E-state index in [1.54, 1.807) is 6.07 Å². The number of primary amides is 1. The molecule has 0 saturated heterocycles. The van der Waals surface area contributed by atoms with Gasteiger partial charge in [-0.1, -0.05) is 15.9 Å². The molecule has 0 bridgehead atoms. The molecule has 2 rings (SSSR count). The molecule has 80 valence electrons. The number of nitrogens with two attached hydrogens (primary N) is 1. The van der Waals surface area contributed by atoms with Crippen molar-refractivity contribution in [2.24, 2.45) is 5.73 Å². The normalized spacial score (nSPS) is 23.3. The molecule has 6 heteroatoms. The van der Waals surface area contributed by atoms with E-state index in [-0.39, 0.29) is 10.5 Å². The number of nitrogens with zero attached hydrogens (tertiary/aromatic N) is 1. The van der Waals surface area contributed by atoms with Crippen LogP contribution in [0.5, 0.6) is 5.75 Å². The average Bonchev–Trinajstić information content (AvgIpc) is 2.55. The van der Waals surface area contributed by atoms with Crippen LogP contribution in [0.15, 0.2) is 12.3 Å². The first-order valence-corrected chi connectivity index (χ1v) is 5.19. The van der Waals surface area contributed by atoms with Crippen LogP contribution in [0, 0.1) is 0 Å². The smallest absolute Gasteiger partial charge is 0.267 e. The summed E-state index contributed by atoms with van der Waals surface area (Å²) in [6.07, 6.45) is 1.03. The van der Waals surface area contributed by atoms with Crippen LogP contribution in [0.1, 0.15) is 20.9 Å². The summed E-state index contributed by atoms with van der Waals surface area (Å²) in [7, 11) is 1.53. The Balaban J connectivity index is 2.50. The lowest BCUT2D eigenvalue weighted by Crippen LogP contribution is -2.19. The molecule has 15 heavy (non-hydrogen) atoms. The standard InChI is InChI=1S/C9H9BrN2O3/c1-14-9-6(10)5-4(15-9)2-3-12-7(5)8(11)13/h2-3,6,9H,1H3,(H2,11,13)/t6-,9-/m1/s1. The number of carbonyl (C=O) groups excluding carboxylic acids is 1. The summed E-state index contributed by atoms with van der Waals surface area (Å²) >= 11 is 3.38. The van der Waals surface area contributed by atoms with Gasteiger partial charge in [-0.3, -0.25) is 9.78 Å². The van der Waals surface area contributed by atoms with Crippen LogP contribution in [0.4, 0.5) is 0 Å². The molecule has 0 radical (unpaired) electrons. The second-order valence-corrected chi connectivity index (χ2v) is 4.05. The summed E-state index contributed by atoms with van der Waals surface area (Å²) in [6.45, 7) is 0. The van der Waals surface area contributed by atoms with Gasteiger partial charge in [-0.15, -0.1) is 0 Å². The number of aromatic nitrogens is 1. The molecule has 1 aromatic heterocycles. The molecule has 1 aliphatic heterocycles. The number of hydrogen-bond donors (Lipinski definition) is 1. The molecule has 1 aromatic rings. The van der Waals surface area contributed by atoms with Gasteiger partial charge < -0.3 is 15.2 Å². The lowest BCUT2D eigenvalue weighted by atomic mass is 10.1. The Morgan fingerprint density at radius 1 is 1.73 bits per heavy atom. The van der Waals surface area contributed by atoms with E-state index in [1.807, 2.05) is 0 Å². The summed E-state index contributed by atoms with van der Waals surface area (Å²) in [6, 6.07) is 1.68. The number of halogens is 1. The van der Waals surface area contributed by atoms with Crippen molar-refractivity contribution in [3.05, 3.63) is 23.5 Å². The zero-order valence-corrected chi connectivity index (χ0v) is 9.52. The zero-order valence-electron chi connectivity index (χ0n) is 7.94. The largest absolute Gasteiger partial charge is 0.463 e. The summed E-state index contributed by atoms with van der Waals surface area (Å²) in [5.74, 6) is 0.00387. The van der Waals surface area contributed by atoms with Gasteiger partial charge in [-0.25, -0.2) is 0 Å². The van der Waals surface area contributed by atoms with Gasteiger partial charge in [0.05, 0.1) is 0 Å². The van der Waals surface area contributed by atoms with E-state index in [2.05, 4.69) is 20.9 Å². The minimum Gasteiger partial charge on any atom is -0.463 e. The average molecular weight is 273 g/mol. The number of carbonyl (C=O) groups is 1. The molecule has 0 aromatic carbocycles. The Kier molecular flexibility index (Phi) is 2.62. The quantitative estimate of drug-likeness (QED) is 0.815. The summed E-state index contributed by atoms with van der Waals surface area (Å²) < 4.78 is 10.5. The SMILES string of the molecule is CO[C@@H]1Oc2ccnc(C(N)=O)c2[C@H]1Br. The Morgan fingerprint density at radius 3 is 3.07 bits per heavy atom. The molecule has 0 aliphatic carbocycles. The summed E-state index contributed by atoms with van der Waals surface area (Å²) in [4.78, 5) is 14.8.